The van der Waals surface area contributed by atoms with Crippen LogP contribution in [0, 0.1) is 0 Å². The highest BCUT2D eigenvalue weighted by molar-refractivity contribution is 7.92. The van der Waals surface area contributed by atoms with E-state index in [-0.39, 0.29) is 10.6 Å². The van der Waals surface area contributed by atoms with Gasteiger partial charge in [-0.15, -0.1) is 0 Å². The lowest BCUT2D eigenvalue weighted by Gasteiger charge is -2.23. The second-order valence-corrected chi connectivity index (χ2v) is 11.7. The van der Waals surface area contributed by atoms with E-state index in [0.29, 0.717) is 28.4 Å². The minimum atomic E-state index is -3.93. The number of nitrogens with zero attached hydrogens (tertiary/aromatic N) is 2. The summed E-state index contributed by atoms with van der Waals surface area (Å²) >= 11 is 5.93. The van der Waals surface area contributed by atoms with E-state index in [0.717, 1.165) is 9.98 Å². The molecule has 4 rings (SSSR count). The second kappa shape index (κ2) is 9.17. The lowest BCUT2D eigenvalue weighted by molar-refractivity contribution is 0.371. The number of halogens is 1. The van der Waals surface area contributed by atoms with Crippen molar-refractivity contribution in [2.75, 3.05) is 10.5 Å². The first kappa shape index (κ1) is 23.3. The van der Waals surface area contributed by atoms with Gasteiger partial charge in [0.05, 0.1) is 22.4 Å². The summed E-state index contributed by atoms with van der Waals surface area (Å²) in [6, 6.07) is 21.5. The second-order valence-electron chi connectivity index (χ2n) is 7.49. The molecule has 0 aromatic heterocycles. The van der Waals surface area contributed by atoms with E-state index in [1.54, 1.807) is 31.2 Å². The predicted molar refractivity (Wildman–Crippen MR) is 130 cm³/mol. The Morgan fingerprint density at radius 3 is 2.18 bits per heavy atom. The van der Waals surface area contributed by atoms with Gasteiger partial charge in [-0.05, 0) is 54.4 Å². The molecule has 0 spiro atoms. The van der Waals surface area contributed by atoms with Gasteiger partial charge < -0.3 is 0 Å². The van der Waals surface area contributed by atoms with Crippen LogP contribution in [0.25, 0.3) is 0 Å². The Morgan fingerprint density at radius 1 is 0.939 bits per heavy atom. The van der Waals surface area contributed by atoms with E-state index in [1.807, 2.05) is 30.3 Å². The van der Waals surface area contributed by atoms with Gasteiger partial charge in [0.15, 0.2) is 0 Å². The molecule has 33 heavy (non-hydrogen) atoms. The number of sulfonamides is 2. The van der Waals surface area contributed by atoms with Gasteiger partial charge in [0, 0.05) is 17.1 Å². The molecule has 1 aliphatic heterocycles. The third-order valence-electron chi connectivity index (χ3n) is 5.29. The minimum absolute atomic E-state index is 0.0300. The summed E-state index contributed by atoms with van der Waals surface area (Å²) in [4.78, 5) is 0.0992. The maximum atomic E-state index is 13.4. The Labute approximate surface area is 198 Å². The molecule has 1 N–H and O–H groups in total. The van der Waals surface area contributed by atoms with E-state index in [1.165, 1.54) is 24.3 Å². The molecule has 1 unspecified atom stereocenters. The molecule has 0 fully saturated rings. The highest BCUT2D eigenvalue weighted by Gasteiger charge is 2.37. The minimum Gasteiger partial charge on any atom is -0.284 e. The van der Waals surface area contributed by atoms with Crippen molar-refractivity contribution >= 4 is 43.0 Å². The number of hydrazone groups is 1. The first-order valence-corrected chi connectivity index (χ1v) is 13.7. The molecular weight excluding hydrogens is 482 g/mol. The molecule has 0 saturated heterocycles. The predicted octanol–water partition coefficient (Wildman–Crippen LogP) is 4.64. The molecule has 0 saturated carbocycles. The molecule has 3 aromatic carbocycles. The maximum Gasteiger partial charge on any atom is 0.279 e. The van der Waals surface area contributed by atoms with Crippen LogP contribution in [0.2, 0.25) is 5.02 Å². The van der Waals surface area contributed by atoms with Crippen LogP contribution in [0.3, 0.4) is 0 Å². The van der Waals surface area contributed by atoms with E-state index >= 15 is 0 Å². The smallest absolute Gasteiger partial charge is 0.279 e. The molecule has 1 heterocycles. The fourth-order valence-corrected chi connectivity index (χ4v) is 5.70. The Balaban J connectivity index is 1.70. The Bertz CT molecular complexity index is 1370. The summed E-state index contributed by atoms with van der Waals surface area (Å²) in [5.41, 5.74) is 2.56. The van der Waals surface area contributed by atoms with E-state index < -0.39 is 26.1 Å². The molecule has 172 valence electrons. The van der Waals surface area contributed by atoms with Crippen LogP contribution in [0.4, 0.5) is 5.69 Å². The quantitative estimate of drug-likeness (QED) is 0.508. The fraction of sp³-hybridized carbons (Fsp3) is 0.174. The summed E-state index contributed by atoms with van der Waals surface area (Å²) in [5.74, 6) is -0.0300. The zero-order valence-electron chi connectivity index (χ0n) is 17.7. The number of hydrogen-bond donors (Lipinski definition) is 1. The van der Waals surface area contributed by atoms with Crippen molar-refractivity contribution in [1.82, 2.24) is 4.41 Å². The molecule has 10 heteroatoms. The molecule has 0 aliphatic carbocycles. The number of hydrogen-bond acceptors (Lipinski definition) is 5. The standard InChI is InChI=1S/C23H22ClN3O4S2/c1-2-32(28,29)26-20-12-8-17(9-13-20)22-16-23(18-6-4-3-5-7-18)27(25-22)33(30,31)21-14-10-19(24)11-15-21/h3-15,23,26H,2,16H2,1H3. The van der Waals surface area contributed by atoms with Gasteiger partial charge in [-0.3, -0.25) is 4.72 Å². The third kappa shape index (κ3) is 5.05. The number of rotatable bonds is 7. The van der Waals surface area contributed by atoms with Gasteiger partial charge in [0.1, 0.15) is 0 Å². The van der Waals surface area contributed by atoms with Crippen molar-refractivity contribution in [3.05, 3.63) is 95.0 Å². The summed E-state index contributed by atoms with van der Waals surface area (Å²) in [6.45, 7) is 1.56. The summed E-state index contributed by atoms with van der Waals surface area (Å²) in [5, 5.41) is 4.94. The van der Waals surface area contributed by atoms with Crippen molar-refractivity contribution in [3.63, 3.8) is 0 Å². The zero-order chi connectivity index (χ0) is 23.6. The van der Waals surface area contributed by atoms with Crippen LogP contribution < -0.4 is 4.72 Å². The number of anilines is 1. The lowest BCUT2D eigenvalue weighted by atomic mass is 9.99. The van der Waals surface area contributed by atoms with Crippen LogP contribution in [0.5, 0.6) is 0 Å². The van der Waals surface area contributed by atoms with Crippen molar-refractivity contribution in [3.8, 4) is 0 Å². The fourth-order valence-electron chi connectivity index (χ4n) is 3.51. The Morgan fingerprint density at radius 2 is 1.58 bits per heavy atom. The monoisotopic (exact) mass is 503 g/mol. The van der Waals surface area contributed by atoms with Gasteiger partial charge in [-0.2, -0.15) is 17.9 Å². The highest BCUT2D eigenvalue weighted by Crippen LogP contribution is 2.37. The Kier molecular flexibility index (Phi) is 6.47. The van der Waals surface area contributed by atoms with E-state index in [2.05, 4.69) is 9.82 Å². The molecule has 0 radical (unpaired) electrons. The topological polar surface area (TPSA) is 95.9 Å². The van der Waals surface area contributed by atoms with E-state index in [4.69, 9.17) is 11.6 Å². The maximum absolute atomic E-state index is 13.4. The largest absolute Gasteiger partial charge is 0.284 e. The summed E-state index contributed by atoms with van der Waals surface area (Å²) < 4.78 is 54.1. The SMILES string of the molecule is CCS(=O)(=O)Nc1ccc(C2=NN(S(=O)(=O)c3ccc(Cl)cc3)C(c3ccccc3)C2)cc1. The van der Waals surface area contributed by atoms with Gasteiger partial charge in [-0.1, -0.05) is 54.1 Å². The third-order valence-corrected chi connectivity index (χ3v) is 8.54. The highest BCUT2D eigenvalue weighted by atomic mass is 35.5. The van der Waals surface area contributed by atoms with Crippen LogP contribution in [-0.4, -0.2) is 32.7 Å². The van der Waals surface area contributed by atoms with Gasteiger partial charge in [-0.25, -0.2) is 8.42 Å². The van der Waals surface area contributed by atoms with Crippen LogP contribution in [-0.2, 0) is 20.0 Å². The number of nitrogens with one attached hydrogen (secondary N) is 1. The summed E-state index contributed by atoms with van der Waals surface area (Å²) in [6.07, 6.45) is 0.372. The average Bonchev–Trinajstić information content (AvgIpc) is 3.27. The molecule has 1 aliphatic rings. The van der Waals surface area contributed by atoms with Gasteiger partial charge in [0.25, 0.3) is 10.0 Å². The lowest BCUT2D eigenvalue weighted by Crippen LogP contribution is -2.27. The van der Waals surface area contributed by atoms with E-state index in [9.17, 15) is 16.8 Å². The zero-order valence-corrected chi connectivity index (χ0v) is 20.1. The molecule has 0 amide bonds. The Hall–Kier alpha value is -2.88. The van der Waals surface area contributed by atoms with Gasteiger partial charge >= 0.3 is 0 Å². The van der Waals surface area contributed by atoms with Crippen LogP contribution in [0.1, 0.15) is 30.5 Å². The normalized spacial score (nSPS) is 16.5. The molecular formula is C23H22ClN3O4S2. The first-order chi connectivity index (χ1) is 15.7. The van der Waals surface area contributed by atoms with Gasteiger partial charge in [0.2, 0.25) is 10.0 Å². The number of benzene rings is 3. The van der Waals surface area contributed by atoms with Crippen LogP contribution in [0.15, 0.2) is 88.9 Å². The summed E-state index contributed by atoms with van der Waals surface area (Å²) in [7, 11) is -7.32. The van der Waals surface area contributed by atoms with Crippen LogP contribution >= 0.6 is 11.6 Å². The van der Waals surface area contributed by atoms with Crippen molar-refractivity contribution in [2.24, 2.45) is 5.10 Å². The molecule has 3 aromatic rings. The van der Waals surface area contributed by atoms with Crippen molar-refractivity contribution in [2.45, 2.75) is 24.3 Å². The first-order valence-electron chi connectivity index (χ1n) is 10.2. The van der Waals surface area contributed by atoms with Crippen molar-refractivity contribution < 1.29 is 16.8 Å². The molecule has 1 atom stereocenters. The molecule has 0 bridgehead atoms. The molecule has 7 nitrogen and oxygen atoms in total. The van der Waals surface area contributed by atoms with Crippen molar-refractivity contribution in [1.29, 1.82) is 0 Å². The average molecular weight is 504 g/mol.